The predicted molar refractivity (Wildman–Crippen MR) is 156 cm³/mol. The van der Waals surface area contributed by atoms with Crippen LogP contribution in [0, 0.1) is 5.92 Å². The van der Waals surface area contributed by atoms with Gasteiger partial charge >= 0.3 is 6.18 Å². The third-order valence-corrected chi connectivity index (χ3v) is 7.97. The van der Waals surface area contributed by atoms with Crippen molar-refractivity contribution in [3.63, 3.8) is 0 Å². The SMILES string of the molecule is CCOc1cc(C(=O)N(C/C(C)=C/c2ccccc2)C[C@@H]2CCCN2CC2CCCCC2)ccc1OCC(F)(F)F. The highest BCUT2D eigenvalue weighted by Crippen LogP contribution is 2.32. The van der Waals surface area contributed by atoms with Gasteiger partial charge in [0.2, 0.25) is 0 Å². The molecule has 4 rings (SSSR count). The van der Waals surface area contributed by atoms with Gasteiger partial charge in [0.1, 0.15) is 0 Å². The van der Waals surface area contributed by atoms with Gasteiger partial charge in [0.05, 0.1) is 6.61 Å². The summed E-state index contributed by atoms with van der Waals surface area (Å²) >= 11 is 0. The van der Waals surface area contributed by atoms with E-state index in [9.17, 15) is 18.0 Å². The number of hydrogen-bond acceptors (Lipinski definition) is 4. The summed E-state index contributed by atoms with van der Waals surface area (Å²) in [6.07, 6.45) is 6.31. The third kappa shape index (κ3) is 9.52. The van der Waals surface area contributed by atoms with Gasteiger partial charge in [-0.15, -0.1) is 0 Å². The molecule has 0 spiro atoms. The molecule has 1 saturated heterocycles. The Balaban J connectivity index is 1.55. The van der Waals surface area contributed by atoms with E-state index in [1.807, 2.05) is 42.2 Å². The van der Waals surface area contributed by atoms with E-state index < -0.39 is 12.8 Å². The second-order valence-electron chi connectivity index (χ2n) is 11.4. The monoisotopic (exact) mass is 572 g/mol. The standard InChI is InChI=1S/C33H43F3N2O3/c1-3-40-31-20-28(16-17-30(31)41-24-33(34,35)36)32(39)38(21-25(2)19-26-11-6-4-7-12-26)23-29-15-10-18-37(29)22-27-13-8-5-9-14-27/h4,6-7,11-12,16-17,19-20,27,29H,3,5,8-10,13-15,18,21-24H2,1-2H3/b25-19+/t29-/m0/s1. The Hall–Kier alpha value is -3.00. The van der Waals surface area contributed by atoms with Crippen LogP contribution < -0.4 is 9.47 Å². The van der Waals surface area contributed by atoms with E-state index in [1.165, 1.54) is 50.3 Å². The Morgan fingerprint density at radius 3 is 2.46 bits per heavy atom. The highest BCUT2D eigenvalue weighted by Gasteiger charge is 2.32. The molecular formula is C33H43F3N2O3. The fraction of sp³-hybridized carbons (Fsp3) is 0.545. The third-order valence-electron chi connectivity index (χ3n) is 7.97. The number of halogens is 3. The number of ether oxygens (including phenoxy) is 2. The molecule has 0 bridgehead atoms. The van der Waals surface area contributed by atoms with Gasteiger partial charge in [0.25, 0.3) is 5.91 Å². The average molecular weight is 573 g/mol. The lowest BCUT2D eigenvalue weighted by molar-refractivity contribution is -0.153. The number of benzene rings is 2. The van der Waals surface area contributed by atoms with Crippen molar-refractivity contribution in [2.75, 3.05) is 39.4 Å². The van der Waals surface area contributed by atoms with Gasteiger partial charge in [-0.25, -0.2) is 0 Å². The van der Waals surface area contributed by atoms with Crippen LogP contribution in [0.25, 0.3) is 6.08 Å². The maximum absolute atomic E-state index is 14.0. The second-order valence-corrected chi connectivity index (χ2v) is 11.4. The first-order valence-electron chi connectivity index (χ1n) is 14.9. The van der Waals surface area contributed by atoms with Crippen LogP contribution in [-0.4, -0.2) is 67.3 Å². The van der Waals surface area contributed by atoms with Gasteiger partial charge in [-0.05, 0) is 75.8 Å². The molecule has 1 heterocycles. The molecule has 2 aliphatic rings. The molecule has 224 valence electrons. The molecule has 2 aromatic carbocycles. The number of amides is 1. The number of carbonyl (C=O) groups excluding carboxylic acids is 1. The molecule has 2 aromatic rings. The molecule has 41 heavy (non-hydrogen) atoms. The van der Waals surface area contributed by atoms with Crippen molar-refractivity contribution >= 4 is 12.0 Å². The van der Waals surface area contributed by atoms with E-state index in [0.29, 0.717) is 18.7 Å². The topological polar surface area (TPSA) is 42.0 Å². The van der Waals surface area contributed by atoms with Gasteiger partial charge in [-0.3, -0.25) is 9.69 Å². The van der Waals surface area contributed by atoms with Crippen molar-refractivity contribution in [2.24, 2.45) is 5.92 Å². The maximum Gasteiger partial charge on any atom is 0.422 e. The number of alkyl halides is 3. The van der Waals surface area contributed by atoms with E-state index in [4.69, 9.17) is 9.47 Å². The summed E-state index contributed by atoms with van der Waals surface area (Å²) < 4.78 is 48.9. The van der Waals surface area contributed by atoms with Crippen LogP contribution in [0.4, 0.5) is 13.2 Å². The molecule has 0 aromatic heterocycles. The van der Waals surface area contributed by atoms with E-state index in [1.54, 1.807) is 6.92 Å². The zero-order valence-electron chi connectivity index (χ0n) is 24.3. The molecule has 1 atom stereocenters. The molecule has 0 radical (unpaired) electrons. The zero-order valence-corrected chi connectivity index (χ0v) is 24.3. The first-order chi connectivity index (χ1) is 19.7. The molecule has 1 aliphatic carbocycles. The van der Waals surface area contributed by atoms with Crippen molar-refractivity contribution in [1.29, 1.82) is 0 Å². The van der Waals surface area contributed by atoms with Crippen LogP contribution in [0.1, 0.15) is 74.7 Å². The van der Waals surface area contributed by atoms with Crippen LogP contribution >= 0.6 is 0 Å². The summed E-state index contributed by atoms with van der Waals surface area (Å²) in [5.74, 6) is 0.672. The minimum Gasteiger partial charge on any atom is -0.490 e. The molecule has 8 heteroatoms. The molecule has 0 N–H and O–H groups in total. The molecule has 1 saturated carbocycles. The van der Waals surface area contributed by atoms with Gasteiger partial charge in [0, 0.05) is 31.2 Å². The molecular weight excluding hydrogens is 529 g/mol. The van der Waals surface area contributed by atoms with Crippen molar-refractivity contribution < 1.29 is 27.4 Å². The first-order valence-corrected chi connectivity index (χ1v) is 14.9. The minimum atomic E-state index is -4.47. The summed E-state index contributed by atoms with van der Waals surface area (Å²) in [5.41, 5.74) is 2.50. The van der Waals surface area contributed by atoms with Crippen LogP contribution in [0.5, 0.6) is 11.5 Å². The lowest BCUT2D eigenvalue weighted by Gasteiger charge is -2.34. The largest absolute Gasteiger partial charge is 0.490 e. The van der Waals surface area contributed by atoms with E-state index in [2.05, 4.69) is 11.0 Å². The minimum absolute atomic E-state index is 0.0260. The molecule has 2 fully saturated rings. The smallest absolute Gasteiger partial charge is 0.422 e. The van der Waals surface area contributed by atoms with E-state index >= 15 is 0 Å². The van der Waals surface area contributed by atoms with Crippen molar-refractivity contribution in [3.05, 3.63) is 65.2 Å². The van der Waals surface area contributed by atoms with Crippen LogP contribution in [-0.2, 0) is 0 Å². The van der Waals surface area contributed by atoms with Crippen molar-refractivity contribution in [2.45, 2.75) is 71.0 Å². The first kappa shape index (κ1) is 30.9. The lowest BCUT2D eigenvalue weighted by Crippen LogP contribution is -2.45. The van der Waals surface area contributed by atoms with Crippen LogP contribution in [0.15, 0.2) is 54.1 Å². The van der Waals surface area contributed by atoms with E-state index in [0.717, 1.165) is 43.0 Å². The lowest BCUT2D eigenvalue weighted by atomic mass is 9.89. The summed E-state index contributed by atoms with van der Waals surface area (Å²) in [5, 5.41) is 0. The number of hydrogen-bond donors (Lipinski definition) is 0. The summed E-state index contributed by atoms with van der Waals surface area (Å²) in [4.78, 5) is 18.5. The Morgan fingerprint density at radius 1 is 1.00 bits per heavy atom. The highest BCUT2D eigenvalue weighted by atomic mass is 19.4. The van der Waals surface area contributed by atoms with Gasteiger partial charge < -0.3 is 14.4 Å². The summed E-state index contributed by atoms with van der Waals surface area (Å²) in [7, 11) is 0. The van der Waals surface area contributed by atoms with Gasteiger partial charge in [-0.1, -0.05) is 61.2 Å². The normalized spacial score (nSPS) is 18.9. The summed E-state index contributed by atoms with van der Waals surface area (Å²) in [6.45, 7) is 5.79. The van der Waals surface area contributed by atoms with Crippen LogP contribution in [0.3, 0.4) is 0 Å². The van der Waals surface area contributed by atoms with Gasteiger partial charge in [0.15, 0.2) is 18.1 Å². The summed E-state index contributed by atoms with van der Waals surface area (Å²) in [6, 6.07) is 14.7. The zero-order chi connectivity index (χ0) is 29.2. The molecule has 0 unspecified atom stereocenters. The fourth-order valence-electron chi connectivity index (χ4n) is 6.07. The quantitative estimate of drug-likeness (QED) is 0.262. The highest BCUT2D eigenvalue weighted by molar-refractivity contribution is 5.95. The number of rotatable bonds is 12. The molecule has 1 aliphatic heterocycles. The van der Waals surface area contributed by atoms with Crippen molar-refractivity contribution in [3.8, 4) is 11.5 Å². The second kappa shape index (κ2) is 14.8. The van der Waals surface area contributed by atoms with Crippen molar-refractivity contribution in [1.82, 2.24) is 9.80 Å². The number of likely N-dealkylation sites (tertiary alicyclic amines) is 1. The Labute approximate surface area is 242 Å². The fourth-order valence-corrected chi connectivity index (χ4v) is 6.07. The number of carbonyl (C=O) groups is 1. The Kier molecular flexibility index (Phi) is 11.1. The number of nitrogens with zero attached hydrogens (tertiary/aromatic N) is 2. The van der Waals surface area contributed by atoms with Crippen LogP contribution in [0.2, 0.25) is 0 Å². The Morgan fingerprint density at radius 2 is 1.76 bits per heavy atom. The Bertz CT molecular complexity index is 1150. The van der Waals surface area contributed by atoms with E-state index in [-0.39, 0.29) is 30.1 Å². The molecule has 5 nitrogen and oxygen atoms in total. The van der Waals surface area contributed by atoms with Gasteiger partial charge in [-0.2, -0.15) is 13.2 Å². The molecule has 1 amide bonds. The predicted octanol–water partition coefficient (Wildman–Crippen LogP) is 7.62. The maximum atomic E-state index is 14.0. The average Bonchev–Trinajstić information content (AvgIpc) is 3.38.